The third kappa shape index (κ3) is 2.76. The molecule has 1 amide bonds. The summed E-state index contributed by atoms with van der Waals surface area (Å²) < 4.78 is 6.66. The van der Waals surface area contributed by atoms with Crippen molar-refractivity contribution < 1.29 is 9.53 Å². The fourth-order valence-corrected chi connectivity index (χ4v) is 3.88. The van der Waals surface area contributed by atoms with Crippen molar-refractivity contribution in [2.24, 2.45) is 0 Å². The monoisotopic (exact) mass is 304 g/mol. The molecule has 0 radical (unpaired) electrons. The van der Waals surface area contributed by atoms with Gasteiger partial charge in [-0.3, -0.25) is 4.79 Å². The van der Waals surface area contributed by atoms with Crippen LogP contribution in [0, 0.1) is 0 Å². The van der Waals surface area contributed by atoms with Crippen LogP contribution in [0.1, 0.15) is 29.4 Å². The number of piperidine rings is 1. The van der Waals surface area contributed by atoms with Gasteiger partial charge in [0.2, 0.25) is 0 Å². The second kappa shape index (κ2) is 5.31. The first-order chi connectivity index (χ1) is 10.0. The van der Waals surface area contributed by atoms with E-state index in [-0.39, 0.29) is 11.5 Å². The Morgan fingerprint density at radius 2 is 2.24 bits per heavy atom. The minimum Gasteiger partial charge on any atom is -0.399 e. The number of hydrogen-bond donors (Lipinski definition) is 1. The molecule has 0 saturated carbocycles. The van der Waals surface area contributed by atoms with Crippen molar-refractivity contribution >= 4 is 33.0 Å². The van der Waals surface area contributed by atoms with Gasteiger partial charge in [0.05, 0.1) is 10.5 Å². The van der Waals surface area contributed by atoms with E-state index in [0.29, 0.717) is 6.54 Å². The third-order valence-corrected chi connectivity index (χ3v) is 5.29. The van der Waals surface area contributed by atoms with E-state index in [4.69, 9.17) is 10.5 Å². The molecule has 1 aromatic heterocycles. The Morgan fingerprint density at radius 3 is 3.00 bits per heavy atom. The highest BCUT2D eigenvalue weighted by Gasteiger charge is 2.33. The van der Waals surface area contributed by atoms with Gasteiger partial charge in [0.1, 0.15) is 0 Å². The summed E-state index contributed by atoms with van der Waals surface area (Å²) >= 11 is 1.53. The molecule has 1 aliphatic rings. The summed E-state index contributed by atoms with van der Waals surface area (Å²) in [6.45, 7) is 3.52. The lowest BCUT2D eigenvalue weighted by Crippen LogP contribution is -2.49. The maximum atomic E-state index is 12.7. The van der Waals surface area contributed by atoms with Crippen molar-refractivity contribution in [3.05, 3.63) is 29.1 Å². The van der Waals surface area contributed by atoms with E-state index in [2.05, 4.69) is 6.92 Å². The number of nitrogen functional groups attached to an aromatic ring is 1. The lowest BCUT2D eigenvalue weighted by molar-refractivity contribution is -0.0439. The number of carbonyl (C=O) groups excluding carboxylic acids is 1. The number of carbonyl (C=O) groups is 1. The Labute approximate surface area is 128 Å². The zero-order chi connectivity index (χ0) is 15.0. The molecule has 112 valence electrons. The van der Waals surface area contributed by atoms with Crippen molar-refractivity contribution in [3.63, 3.8) is 0 Å². The highest BCUT2D eigenvalue weighted by molar-refractivity contribution is 7.20. The number of methoxy groups -OCH3 is 1. The molecule has 21 heavy (non-hydrogen) atoms. The molecule has 0 bridgehead atoms. The summed E-state index contributed by atoms with van der Waals surface area (Å²) in [5.41, 5.74) is 6.30. The summed E-state index contributed by atoms with van der Waals surface area (Å²) in [5, 5.41) is 1.04. The van der Waals surface area contributed by atoms with Crippen LogP contribution in [0.5, 0.6) is 0 Å². The number of hydrogen-bond acceptors (Lipinski definition) is 4. The number of thiophene rings is 1. The number of nitrogens with two attached hydrogens (primary N) is 1. The largest absolute Gasteiger partial charge is 0.399 e. The van der Waals surface area contributed by atoms with E-state index in [9.17, 15) is 4.79 Å². The summed E-state index contributed by atoms with van der Waals surface area (Å²) in [6, 6.07) is 7.70. The van der Waals surface area contributed by atoms with Gasteiger partial charge in [-0.1, -0.05) is 0 Å². The molecule has 2 aromatic rings. The zero-order valence-electron chi connectivity index (χ0n) is 12.4. The SMILES string of the molecule is COC1(C)CCCN(C(=O)c2cc3cc(N)ccc3s2)C1. The van der Waals surface area contributed by atoms with E-state index in [1.54, 1.807) is 7.11 Å². The van der Waals surface area contributed by atoms with Crippen LogP contribution in [0.2, 0.25) is 0 Å². The van der Waals surface area contributed by atoms with E-state index in [1.165, 1.54) is 11.3 Å². The predicted octanol–water partition coefficient (Wildman–Crippen LogP) is 3.12. The number of likely N-dealkylation sites (tertiary alicyclic amines) is 1. The lowest BCUT2D eigenvalue weighted by Gasteiger charge is -2.39. The number of anilines is 1. The standard InChI is InChI=1S/C16H20N2O2S/c1-16(20-2)6-3-7-18(10-16)15(19)14-9-11-8-12(17)4-5-13(11)21-14/h4-5,8-9H,3,6-7,10,17H2,1-2H3. The van der Waals surface area contributed by atoms with Gasteiger partial charge in [-0.05, 0) is 49.4 Å². The molecule has 1 fully saturated rings. The smallest absolute Gasteiger partial charge is 0.264 e. The second-order valence-electron chi connectivity index (χ2n) is 5.89. The number of nitrogens with zero attached hydrogens (tertiary/aromatic N) is 1. The summed E-state index contributed by atoms with van der Waals surface area (Å²) in [4.78, 5) is 15.4. The molecule has 4 nitrogen and oxygen atoms in total. The van der Waals surface area contributed by atoms with Gasteiger partial charge in [0.25, 0.3) is 5.91 Å². The molecular formula is C16H20N2O2S. The van der Waals surface area contributed by atoms with Gasteiger partial charge >= 0.3 is 0 Å². The van der Waals surface area contributed by atoms with Gasteiger partial charge in [0, 0.05) is 30.6 Å². The van der Waals surface area contributed by atoms with Crippen molar-refractivity contribution in [2.75, 3.05) is 25.9 Å². The molecule has 5 heteroatoms. The van der Waals surface area contributed by atoms with Crippen LogP contribution >= 0.6 is 11.3 Å². The fourth-order valence-electron chi connectivity index (χ4n) is 2.87. The van der Waals surface area contributed by atoms with Crippen LogP contribution in [0.25, 0.3) is 10.1 Å². The topological polar surface area (TPSA) is 55.6 Å². The second-order valence-corrected chi connectivity index (χ2v) is 6.98. The predicted molar refractivity (Wildman–Crippen MR) is 86.8 cm³/mol. The first kappa shape index (κ1) is 14.4. The molecule has 1 aliphatic heterocycles. The molecule has 1 saturated heterocycles. The molecule has 0 spiro atoms. The normalized spacial score (nSPS) is 22.7. The van der Waals surface area contributed by atoms with Crippen molar-refractivity contribution in [1.82, 2.24) is 4.90 Å². The minimum atomic E-state index is -0.227. The first-order valence-corrected chi connectivity index (χ1v) is 7.96. The van der Waals surface area contributed by atoms with Crippen molar-refractivity contribution in [1.29, 1.82) is 0 Å². The van der Waals surface area contributed by atoms with Crippen LogP contribution in [0.3, 0.4) is 0 Å². The lowest BCUT2D eigenvalue weighted by atomic mass is 9.94. The zero-order valence-corrected chi connectivity index (χ0v) is 13.2. The Kier molecular flexibility index (Phi) is 3.63. The molecule has 2 N–H and O–H groups in total. The Morgan fingerprint density at radius 1 is 1.43 bits per heavy atom. The number of ether oxygens (including phenoxy) is 1. The average Bonchev–Trinajstić information content (AvgIpc) is 2.89. The highest BCUT2D eigenvalue weighted by atomic mass is 32.1. The van der Waals surface area contributed by atoms with E-state index >= 15 is 0 Å². The van der Waals surface area contributed by atoms with Crippen molar-refractivity contribution in [3.8, 4) is 0 Å². The number of amides is 1. The summed E-state index contributed by atoms with van der Waals surface area (Å²) in [6.07, 6.45) is 1.98. The van der Waals surface area contributed by atoms with E-state index in [0.717, 1.165) is 40.0 Å². The number of benzene rings is 1. The van der Waals surface area contributed by atoms with Crippen LogP contribution in [0.15, 0.2) is 24.3 Å². The van der Waals surface area contributed by atoms with Gasteiger partial charge < -0.3 is 15.4 Å². The molecule has 0 aliphatic carbocycles. The molecule has 1 aromatic carbocycles. The highest BCUT2D eigenvalue weighted by Crippen LogP contribution is 2.30. The van der Waals surface area contributed by atoms with Gasteiger partial charge in [-0.15, -0.1) is 11.3 Å². The van der Waals surface area contributed by atoms with Crippen LogP contribution in [-0.2, 0) is 4.74 Å². The first-order valence-electron chi connectivity index (χ1n) is 7.14. The Balaban J connectivity index is 1.86. The van der Waals surface area contributed by atoms with Crippen molar-refractivity contribution in [2.45, 2.75) is 25.4 Å². The van der Waals surface area contributed by atoms with E-state index < -0.39 is 0 Å². The van der Waals surface area contributed by atoms with Gasteiger partial charge in [-0.25, -0.2) is 0 Å². The Bertz CT molecular complexity index is 682. The maximum absolute atomic E-state index is 12.7. The molecule has 1 atom stereocenters. The van der Waals surface area contributed by atoms with Crippen LogP contribution in [0.4, 0.5) is 5.69 Å². The van der Waals surface area contributed by atoms with Crippen LogP contribution < -0.4 is 5.73 Å². The van der Waals surface area contributed by atoms with Gasteiger partial charge in [-0.2, -0.15) is 0 Å². The molecular weight excluding hydrogens is 284 g/mol. The summed E-state index contributed by atoms with van der Waals surface area (Å²) in [7, 11) is 1.72. The van der Waals surface area contributed by atoms with Gasteiger partial charge in [0.15, 0.2) is 0 Å². The molecule has 3 rings (SSSR count). The van der Waals surface area contributed by atoms with E-state index in [1.807, 2.05) is 29.2 Å². The molecule has 1 unspecified atom stereocenters. The number of fused-ring (bicyclic) bond motifs is 1. The third-order valence-electron chi connectivity index (χ3n) is 4.19. The van der Waals surface area contributed by atoms with Crippen LogP contribution in [-0.4, -0.2) is 36.6 Å². The fraction of sp³-hybridized carbons (Fsp3) is 0.438. The summed E-state index contributed by atoms with van der Waals surface area (Å²) in [5.74, 6) is 0.0951. The quantitative estimate of drug-likeness (QED) is 0.867. The molecule has 2 heterocycles. The maximum Gasteiger partial charge on any atom is 0.264 e. The Hall–Kier alpha value is -1.59. The minimum absolute atomic E-state index is 0.0951. The average molecular weight is 304 g/mol. The number of rotatable bonds is 2.